The standard InChI is InChI=1S/C38H27NO/c1-3-14-29(15-4-1)38(30-16-5-2-6-17-30)32-18-8-10-20-34(32)39(35-21-11-9-19-33(35)38)31-24-23-28-25-27-13-7-12-22-36(27)40-37(28)26-31/h1-24,26H,25H2. The van der Waals surface area contributed by atoms with E-state index in [1.54, 1.807) is 0 Å². The molecule has 0 amide bonds. The molecule has 190 valence electrons. The molecule has 2 heteroatoms. The van der Waals surface area contributed by atoms with Crippen molar-refractivity contribution < 1.29 is 4.74 Å². The molecule has 6 aromatic rings. The van der Waals surface area contributed by atoms with Gasteiger partial charge in [-0.2, -0.15) is 0 Å². The maximum absolute atomic E-state index is 6.44. The predicted octanol–water partition coefficient (Wildman–Crippen LogP) is 9.55. The van der Waals surface area contributed by atoms with Crippen LogP contribution in [0.25, 0.3) is 0 Å². The molecule has 2 aliphatic rings. The molecule has 0 bridgehead atoms. The van der Waals surface area contributed by atoms with Crippen LogP contribution < -0.4 is 9.64 Å². The Kier molecular flexibility index (Phi) is 5.14. The van der Waals surface area contributed by atoms with Gasteiger partial charge in [-0.05, 0) is 57.6 Å². The number of para-hydroxylation sites is 3. The summed E-state index contributed by atoms with van der Waals surface area (Å²) < 4.78 is 6.44. The minimum atomic E-state index is -0.462. The van der Waals surface area contributed by atoms with E-state index in [0.29, 0.717) is 0 Å². The molecular formula is C38H27NO. The molecule has 40 heavy (non-hydrogen) atoms. The van der Waals surface area contributed by atoms with E-state index < -0.39 is 5.41 Å². The largest absolute Gasteiger partial charge is 0.457 e. The van der Waals surface area contributed by atoms with Crippen molar-refractivity contribution in [2.75, 3.05) is 4.90 Å². The van der Waals surface area contributed by atoms with Gasteiger partial charge in [-0.15, -0.1) is 0 Å². The van der Waals surface area contributed by atoms with E-state index in [2.05, 4.69) is 150 Å². The molecule has 2 aliphatic heterocycles. The Hall–Kier alpha value is -5.08. The van der Waals surface area contributed by atoms with Crippen LogP contribution in [-0.2, 0) is 11.8 Å². The zero-order valence-corrected chi connectivity index (χ0v) is 22.0. The first kappa shape index (κ1) is 22.9. The SMILES string of the molecule is c1ccc(C2(c3ccccc3)c3ccccc3N(c3ccc4c(c3)Oc3ccccc3C4)c3ccccc32)cc1. The lowest BCUT2D eigenvalue weighted by Gasteiger charge is -2.46. The monoisotopic (exact) mass is 513 g/mol. The lowest BCUT2D eigenvalue weighted by atomic mass is 9.62. The molecule has 0 spiro atoms. The zero-order chi connectivity index (χ0) is 26.5. The lowest BCUT2D eigenvalue weighted by molar-refractivity contribution is 0.460. The molecule has 0 unspecified atom stereocenters. The third-order valence-corrected chi connectivity index (χ3v) is 8.39. The quantitative estimate of drug-likeness (QED) is 0.233. The predicted molar refractivity (Wildman–Crippen MR) is 162 cm³/mol. The van der Waals surface area contributed by atoms with Crippen LogP contribution in [-0.4, -0.2) is 0 Å². The fourth-order valence-electron chi connectivity index (χ4n) is 6.69. The Morgan fingerprint density at radius 1 is 0.475 bits per heavy atom. The van der Waals surface area contributed by atoms with Gasteiger partial charge in [0.2, 0.25) is 0 Å². The van der Waals surface area contributed by atoms with Gasteiger partial charge in [0.15, 0.2) is 0 Å². The van der Waals surface area contributed by atoms with Crippen LogP contribution in [0.1, 0.15) is 33.4 Å². The smallest absolute Gasteiger partial charge is 0.133 e. The number of anilines is 3. The Labute approximate surface area is 234 Å². The molecule has 6 aromatic carbocycles. The normalized spacial score (nSPS) is 14.2. The second-order valence-corrected chi connectivity index (χ2v) is 10.5. The second-order valence-electron chi connectivity index (χ2n) is 10.5. The zero-order valence-electron chi connectivity index (χ0n) is 22.0. The van der Waals surface area contributed by atoms with Crippen LogP contribution in [0.4, 0.5) is 17.1 Å². The first-order chi connectivity index (χ1) is 19.8. The first-order valence-corrected chi connectivity index (χ1v) is 13.8. The van der Waals surface area contributed by atoms with Crippen LogP contribution in [0.15, 0.2) is 152 Å². The summed E-state index contributed by atoms with van der Waals surface area (Å²) in [5.74, 6) is 1.87. The van der Waals surface area contributed by atoms with Crippen LogP contribution in [0.5, 0.6) is 11.5 Å². The van der Waals surface area contributed by atoms with Gasteiger partial charge in [0.1, 0.15) is 11.5 Å². The van der Waals surface area contributed by atoms with Crippen molar-refractivity contribution in [2.24, 2.45) is 0 Å². The number of fused-ring (bicyclic) bond motifs is 4. The van der Waals surface area contributed by atoms with Crippen molar-refractivity contribution in [3.63, 3.8) is 0 Å². The Morgan fingerprint density at radius 2 is 1.00 bits per heavy atom. The van der Waals surface area contributed by atoms with Gasteiger partial charge >= 0.3 is 0 Å². The Balaban J connectivity index is 1.39. The van der Waals surface area contributed by atoms with Crippen molar-refractivity contribution >= 4 is 17.1 Å². The molecule has 0 radical (unpaired) electrons. The third kappa shape index (κ3) is 3.29. The molecule has 2 heterocycles. The van der Waals surface area contributed by atoms with E-state index in [0.717, 1.165) is 23.6 Å². The maximum Gasteiger partial charge on any atom is 0.133 e. The summed E-state index contributed by atoms with van der Waals surface area (Å²) in [7, 11) is 0. The number of nitrogens with zero attached hydrogens (tertiary/aromatic N) is 1. The van der Waals surface area contributed by atoms with Gasteiger partial charge in [0.25, 0.3) is 0 Å². The van der Waals surface area contributed by atoms with Gasteiger partial charge < -0.3 is 9.64 Å². The highest BCUT2D eigenvalue weighted by molar-refractivity contribution is 5.89. The van der Waals surface area contributed by atoms with Crippen molar-refractivity contribution in [2.45, 2.75) is 11.8 Å². The summed E-state index contributed by atoms with van der Waals surface area (Å²) >= 11 is 0. The van der Waals surface area contributed by atoms with Crippen LogP contribution >= 0.6 is 0 Å². The van der Waals surface area contributed by atoms with Gasteiger partial charge in [0, 0.05) is 18.2 Å². The molecule has 0 aliphatic carbocycles. The number of benzene rings is 6. The van der Waals surface area contributed by atoms with E-state index in [4.69, 9.17) is 4.74 Å². The topological polar surface area (TPSA) is 12.5 Å². The van der Waals surface area contributed by atoms with E-state index in [1.165, 1.54) is 44.8 Å². The third-order valence-electron chi connectivity index (χ3n) is 8.39. The Morgan fingerprint density at radius 3 is 1.65 bits per heavy atom. The maximum atomic E-state index is 6.44. The first-order valence-electron chi connectivity index (χ1n) is 13.8. The number of ether oxygens (including phenoxy) is 1. The molecule has 0 N–H and O–H groups in total. The number of hydrogen-bond donors (Lipinski definition) is 0. The average molecular weight is 514 g/mol. The highest BCUT2D eigenvalue weighted by atomic mass is 16.5. The van der Waals surface area contributed by atoms with Crippen molar-refractivity contribution in [1.82, 2.24) is 0 Å². The second kappa shape index (κ2) is 9.00. The van der Waals surface area contributed by atoms with Crippen molar-refractivity contribution in [3.05, 3.63) is 185 Å². The Bertz CT molecular complexity index is 1770. The molecule has 8 rings (SSSR count). The van der Waals surface area contributed by atoms with Crippen LogP contribution in [0, 0.1) is 0 Å². The molecule has 0 aromatic heterocycles. The van der Waals surface area contributed by atoms with Crippen molar-refractivity contribution in [3.8, 4) is 11.5 Å². The van der Waals surface area contributed by atoms with Gasteiger partial charge in [-0.25, -0.2) is 0 Å². The minimum absolute atomic E-state index is 0.462. The molecule has 0 atom stereocenters. The van der Waals surface area contributed by atoms with E-state index >= 15 is 0 Å². The van der Waals surface area contributed by atoms with Crippen LogP contribution in [0.2, 0.25) is 0 Å². The molecule has 0 saturated heterocycles. The summed E-state index contributed by atoms with van der Waals surface area (Å²) in [5.41, 5.74) is 10.4. The van der Waals surface area contributed by atoms with Crippen molar-refractivity contribution in [1.29, 1.82) is 0 Å². The molecule has 2 nitrogen and oxygen atoms in total. The van der Waals surface area contributed by atoms with E-state index in [-0.39, 0.29) is 0 Å². The summed E-state index contributed by atoms with van der Waals surface area (Å²) in [6, 6.07) is 54.6. The molecule has 0 saturated carbocycles. The highest BCUT2D eigenvalue weighted by Crippen LogP contribution is 2.57. The molecular weight excluding hydrogens is 486 g/mol. The summed E-state index contributed by atoms with van der Waals surface area (Å²) in [6.07, 6.45) is 0.879. The average Bonchev–Trinajstić information content (AvgIpc) is 3.03. The fraction of sp³-hybridized carbons (Fsp3) is 0.0526. The number of hydrogen-bond acceptors (Lipinski definition) is 2. The molecule has 0 fully saturated rings. The summed E-state index contributed by atoms with van der Waals surface area (Å²) in [6.45, 7) is 0. The lowest BCUT2D eigenvalue weighted by Crippen LogP contribution is -2.37. The summed E-state index contributed by atoms with van der Waals surface area (Å²) in [5, 5.41) is 0. The highest BCUT2D eigenvalue weighted by Gasteiger charge is 2.46. The van der Waals surface area contributed by atoms with E-state index in [1.807, 2.05) is 6.07 Å². The van der Waals surface area contributed by atoms with E-state index in [9.17, 15) is 0 Å². The summed E-state index contributed by atoms with van der Waals surface area (Å²) in [4.78, 5) is 2.40. The van der Waals surface area contributed by atoms with Crippen LogP contribution in [0.3, 0.4) is 0 Å². The van der Waals surface area contributed by atoms with Gasteiger partial charge in [0.05, 0.1) is 16.8 Å². The fourth-order valence-corrected chi connectivity index (χ4v) is 6.69. The van der Waals surface area contributed by atoms with Gasteiger partial charge in [-0.3, -0.25) is 0 Å². The minimum Gasteiger partial charge on any atom is -0.457 e. The number of rotatable bonds is 3. The van der Waals surface area contributed by atoms with Gasteiger partial charge in [-0.1, -0.05) is 121 Å².